The van der Waals surface area contributed by atoms with Crippen molar-refractivity contribution in [3.05, 3.63) is 34.6 Å². The second kappa shape index (κ2) is 7.64. The SMILES string of the molecule is CN(C)C(=O)CN=C(NC1CC1)N(C)Cc1c(F)cccc1Cl. The van der Waals surface area contributed by atoms with E-state index in [0.717, 1.165) is 12.8 Å². The molecule has 1 N–H and O–H groups in total. The number of hydrogen-bond donors (Lipinski definition) is 1. The highest BCUT2D eigenvalue weighted by Crippen LogP contribution is 2.22. The molecule has 0 unspecified atom stereocenters. The van der Waals surface area contributed by atoms with Crippen LogP contribution in [0.2, 0.25) is 5.02 Å². The Morgan fingerprint density at radius 3 is 2.65 bits per heavy atom. The second-order valence-corrected chi connectivity index (χ2v) is 6.31. The maximum absolute atomic E-state index is 13.9. The molecule has 1 amide bonds. The summed E-state index contributed by atoms with van der Waals surface area (Å²) in [6, 6.07) is 5.00. The molecule has 1 aliphatic carbocycles. The Morgan fingerprint density at radius 1 is 1.39 bits per heavy atom. The molecule has 0 bridgehead atoms. The molecule has 23 heavy (non-hydrogen) atoms. The average molecular weight is 341 g/mol. The van der Waals surface area contributed by atoms with Gasteiger partial charge < -0.3 is 15.1 Å². The fourth-order valence-electron chi connectivity index (χ4n) is 1.97. The number of benzene rings is 1. The van der Waals surface area contributed by atoms with E-state index in [0.29, 0.717) is 22.6 Å². The van der Waals surface area contributed by atoms with Crippen molar-refractivity contribution in [2.45, 2.75) is 25.4 Å². The smallest absolute Gasteiger partial charge is 0.243 e. The van der Waals surface area contributed by atoms with Gasteiger partial charge in [-0.25, -0.2) is 9.38 Å². The standard InChI is InChI=1S/C16H22ClFN4O/c1-21(2)15(23)9-19-16(20-11-7-8-11)22(3)10-12-13(17)5-4-6-14(12)18/h4-6,11H,7-10H2,1-3H3,(H,19,20). The predicted octanol–water partition coefficient (Wildman–Crippen LogP) is 2.11. The third-order valence-electron chi connectivity index (χ3n) is 3.59. The molecule has 1 aromatic rings. The highest BCUT2D eigenvalue weighted by molar-refractivity contribution is 6.31. The number of nitrogens with one attached hydrogen (secondary N) is 1. The fraction of sp³-hybridized carbons (Fsp3) is 0.500. The van der Waals surface area contributed by atoms with Crippen molar-refractivity contribution in [3.8, 4) is 0 Å². The van der Waals surface area contributed by atoms with E-state index >= 15 is 0 Å². The van der Waals surface area contributed by atoms with Crippen LogP contribution in [0.3, 0.4) is 0 Å². The van der Waals surface area contributed by atoms with Crippen LogP contribution in [0.25, 0.3) is 0 Å². The predicted molar refractivity (Wildman–Crippen MR) is 90.0 cm³/mol. The third kappa shape index (κ3) is 5.10. The number of aliphatic imine (C=N–C) groups is 1. The van der Waals surface area contributed by atoms with Crippen LogP contribution in [0, 0.1) is 5.82 Å². The lowest BCUT2D eigenvalue weighted by Crippen LogP contribution is -2.40. The van der Waals surface area contributed by atoms with Gasteiger partial charge in [0.1, 0.15) is 12.4 Å². The minimum absolute atomic E-state index is 0.0530. The Kier molecular flexibility index (Phi) is 5.82. The number of carbonyl (C=O) groups is 1. The molecule has 1 saturated carbocycles. The van der Waals surface area contributed by atoms with Crippen molar-refractivity contribution in [2.24, 2.45) is 4.99 Å². The molecule has 1 aromatic carbocycles. The Labute approximate surface area is 141 Å². The molecule has 126 valence electrons. The number of hydrogen-bond acceptors (Lipinski definition) is 2. The number of halogens is 2. The normalized spacial score (nSPS) is 14.6. The van der Waals surface area contributed by atoms with E-state index in [2.05, 4.69) is 10.3 Å². The topological polar surface area (TPSA) is 47.9 Å². The summed E-state index contributed by atoms with van der Waals surface area (Å²) in [6.07, 6.45) is 2.16. The van der Waals surface area contributed by atoms with E-state index < -0.39 is 0 Å². The second-order valence-electron chi connectivity index (χ2n) is 5.90. The van der Waals surface area contributed by atoms with Crippen LogP contribution in [0.5, 0.6) is 0 Å². The molecule has 5 nitrogen and oxygen atoms in total. The van der Waals surface area contributed by atoms with Gasteiger partial charge in [0, 0.05) is 44.3 Å². The van der Waals surface area contributed by atoms with Crippen LogP contribution in [0.15, 0.2) is 23.2 Å². The van der Waals surface area contributed by atoms with Gasteiger partial charge in [0.15, 0.2) is 5.96 Å². The Bertz CT molecular complexity index is 581. The number of likely N-dealkylation sites (N-methyl/N-ethyl adjacent to an activating group) is 1. The molecule has 7 heteroatoms. The van der Waals surface area contributed by atoms with E-state index in [1.807, 2.05) is 0 Å². The van der Waals surface area contributed by atoms with Crippen molar-refractivity contribution in [3.63, 3.8) is 0 Å². The molecule has 0 radical (unpaired) electrons. The van der Waals surface area contributed by atoms with Crippen LogP contribution >= 0.6 is 11.6 Å². The highest BCUT2D eigenvalue weighted by Gasteiger charge is 2.24. The van der Waals surface area contributed by atoms with Crippen LogP contribution in [0.4, 0.5) is 4.39 Å². The Morgan fingerprint density at radius 2 is 2.09 bits per heavy atom. The molecular weight excluding hydrogens is 319 g/mol. The molecule has 1 fully saturated rings. The molecule has 0 heterocycles. The zero-order chi connectivity index (χ0) is 17.0. The summed E-state index contributed by atoms with van der Waals surface area (Å²) < 4.78 is 13.9. The first-order valence-corrected chi connectivity index (χ1v) is 7.91. The van der Waals surface area contributed by atoms with E-state index in [1.165, 1.54) is 11.0 Å². The maximum atomic E-state index is 13.9. The van der Waals surface area contributed by atoms with E-state index in [9.17, 15) is 9.18 Å². The lowest BCUT2D eigenvalue weighted by Gasteiger charge is -2.23. The third-order valence-corrected chi connectivity index (χ3v) is 3.95. The summed E-state index contributed by atoms with van der Waals surface area (Å²) in [7, 11) is 5.18. The van der Waals surface area contributed by atoms with Crippen LogP contribution in [0.1, 0.15) is 18.4 Å². The van der Waals surface area contributed by atoms with Gasteiger partial charge in [0.25, 0.3) is 0 Å². The fourth-order valence-corrected chi connectivity index (χ4v) is 2.19. The quantitative estimate of drug-likeness (QED) is 0.659. The number of rotatable bonds is 5. The monoisotopic (exact) mass is 340 g/mol. The largest absolute Gasteiger partial charge is 0.353 e. The van der Waals surface area contributed by atoms with Crippen LogP contribution in [-0.4, -0.2) is 55.4 Å². The molecular formula is C16H22ClFN4O. The zero-order valence-electron chi connectivity index (χ0n) is 13.6. The number of nitrogens with zero attached hydrogens (tertiary/aromatic N) is 3. The molecule has 0 saturated heterocycles. The maximum Gasteiger partial charge on any atom is 0.243 e. The molecule has 1 aliphatic rings. The Hall–Kier alpha value is -1.82. The van der Waals surface area contributed by atoms with E-state index in [1.54, 1.807) is 38.2 Å². The minimum atomic E-state index is -0.348. The first kappa shape index (κ1) is 17.5. The average Bonchev–Trinajstić information content (AvgIpc) is 3.30. The van der Waals surface area contributed by atoms with Gasteiger partial charge in [-0.1, -0.05) is 17.7 Å². The van der Waals surface area contributed by atoms with Gasteiger partial charge >= 0.3 is 0 Å². The van der Waals surface area contributed by atoms with Gasteiger partial charge in [0.2, 0.25) is 5.91 Å². The molecule has 2 rings (SSSR count). The van der Waals surface area contributed by atoms with Gasteiger partial charge in [0.05, 0.1) is 0 Å². The van der Waals surface area contributed by atoms with Gasteiger partial charge in [-0.2, -0.15) is 0 Å². The van der Waals surface area contributed by atoms with Crippen molar-refractivity contribution >= 4 is 23.5 Å². The lowest BCUT2D eigenvalue weighted by atomic mass is 10.2. The zero-order valence-corrected chi connectivity index (χ0v) is 14.4. The highest BCUT2D eigenvalue weighted by atomic mass is 35.5. The molecule has 0 aliphatic heterocycles. The lowest BCUT2D eigenvalue weighted by molar-refractivity contribution is -0.127. The van der Waals surface area contributed by atoms with Crippen molar-refractivity contribution in [1.82, 2.24) is 15.1 Å². The summed E-state index contributed by atoms with van der Waals surface area (Å²) in [4.78, 5) is 19.4. The van der Waals surface area contributed by atoms with Gasteiger partial charge in [-0.3, -0.25) is 4.79 Å². The minimum Gasteiger partial charge on any atom is -0.353 e. The summed E-state index contributed by atoms with van der Waals surface area (Å²) in [5.41, 5.74) is 0.417. The van der Waals surface area contributed by atoms with Crippen molar-refractivity contribution < 1.29 is 9.18 Å². The summed E-state index contributed by atoms with van der Waals surface area (Å²) in [5, 5.41) is 3.67. The number of guanidine groups is 1. The molecule has 0 spiro atoms. The summed E-state index contributed by atoms with van der Waals surface area (Å²) in [5.74, 6) is 0.152. The summed E-state index contributed by atoms with van der Waals surface area (Å²) in [6.45, 7) is 0.331. The summed E-state index contributed by atoms with van der Waals surface area (Å²) >= 11 is 6.08. The van der Waals surface area contributed by atoms with Gasteiger partial charge in [-0.05, 0) is 25.0 Å². The molecule has 0 atom stereocenters. The van der Waals surface area contributed by atoms with Crippen LogP contribution in [-0.2, 0) is 11.3 Å². The first-order chi connectivity index (χ1) is 10.9. The van der Waals surface area contributed by atoms with E-state index in [4.69, 9.17) is 11.6 Å². The molecule has 0 aromatic heterocycles. The van der Waals surface area contributed by atoms with Crippen LogP contribution < -0.4 is 5.32 Å². The van der Waals surface area contributed by atoms with Crippen molar-refractivity contribution in [2.75, 3.05) is 27.7 Å². The Balaban J connectivity index is 2.11. The van der Waals surface area contributed by atoms with E-state index in [-0.39, 0.29) is 24.8 Å². The number of amides is 1. The first-order valence-electron chi connectivity index (χ1n) is 7.53. The van der Waals surface area contributed by atoms with Crippen molar-refractivity contribution in [1.29, 1.82) is 0 Å². The number of carbonyl (C=O) groups excluding carboxylic acids is 1. The van der Waals surface area contributed by atoms with Gasteiger partial charge in [-0.15, -0.1) is 0 Å².